The summed E-state index contributed by atoms with van der Waals surface area (Å²) in [5.41, 5.74) is 0.845. The number of carbonyl (C=O) groups is 2. The Hall–Kier alpha value is -1.88. The van der Waals surface area contributed by atoms with Crippen molar-refractivity contribution in [2.75, 3.05) is 26.2 Å². The number of benzene rings is 1. The second-order valence-electron chi connectivity index (χ2n) is 3.78. The van der Waals surface area contributed by atoms with Crippen LogP contribution in [-0.2, 0) is 14.3 Å². The molecule has 5 heteroatoms. The highest BCUT2D eigenvalue weighted by Gasteiger charge is 2.22. The minimum atomic E-state index is -0.569. The van der Waals surface area contributed by atoms with Gasteiger partial charge in [0.2, 0.25) is 0 Å². The van der Waals surface area contributed by atoms with Crippen LogP contribution in [-0.4, -0.2) is 39.2 Å². The van der Waals surface area contributed by atoms with E-state index >= 15 is 0 Å². The number of esters is 1. The van der Waals surface area contributed by atoms with Gasteiger partial charge in [-0.2, -0.15) is 0 Å². The monoisotopic (exact) mass is 251 g/mol. The fourth-order valence-electron chi connectivity index (χ4n) is 1.54. The molecule has 18 heavy (non-hydrogen) atoms. The number of methoxy groups -OCH3 is 2. The number of nitrogens with zero attached hydrogens (tertiary/aromatic N) is 1. The van der Waals surface area contributed by atoms with E-state index in [0.29, 0.717) is 11.3 Å². The van der Waals surface area contributed by atoms with Crippen molar-refractivity contribution in [1.29, 1.82) is 0 Å². The Bertz CT molecular complexity index is 444. The Labute approximate surface area is 106 Å². The molecule has 5 nitrogen and oxygen atoms in total. The van der Waals surface area contributed by atoms with E-state index in [2.05, 4.69) is 4.74 Å². The Morgan fingerprint density at radius 2 is 1.83 bits per heavy atom. The van der Waals surface area contributed by atoms with E-state index in [1.165, 1.54) is 19.1 Å². The van der Waals surface area contributed by atoms with Crippen LogP contribution in [0.25, 0.3) is 0 Å². The van der Waals surface area contributed by atoms with Gasteiger partial charge in [-0.05, 0) is 19.1 Å². The van der Waals surface area contributed by atoms with Gasteiger partial charge in [-0.3, -0.25) is 4.79 Å². The zero-order chi connectivity index (χ0) is 13.7. The molecule has 0 radical (unpaired) electrons. The molecule has 0 aliphatic rings. The molecule has 98 valence electrons. The number of likely N-dealkylation sites (N-methyl/N-ethyl adjacent to an activating group) is 1. The van der Waals surface area contributed by atoms with Crippen LogP contribution in [0.1, 0.15) is 17.3 Å². The lowest BCUT2D eigenvalue weighted by atomic mass is 10.1. The third kappa shape index (κ3) is 2.87. The average Bonchev–Trinajstić information content (AvgIpc) is 2.43. The third-order valence-electron chi connectivity index (χ3n) is 2.70. The highest BCUT2D eigenvalue weighted by molar-refractivity contribution is 6.03. The summed E-state index contributed by atoms with van der Waals surface area (Å²) in [5.74, 6) is -0.704. The molecule has 0 N–H and O–H groups in total. The van der Waals surface area contributed by atoms with Gasteiger partial charge in [-0.1, -0.05) is 12.1 Å². The number of hydrogen-bond acceptors (Lipinski definition) is 4. The Morgan fingerprint density at radius 3 is 2.39 bits per heavy atom. The first kappa shape index (κ1) is 14.2. The van der Waals surface area contributed by atoms with E-state index in [4.69, 9.17) is 4.74 Å². The number of para-hydroxylation sites is 1. The first-order valence-electron chi connectivity index (χ1n) is 5.50. The molecule has 1 rings (SSSR count). The van der Waals surface area contributed by atoms with Crippen LogP contribution >= 0.6 is 0 Å². The summed E-state index contributed by atoms with van der Waals surface area (Å²) in [6.45, 7) is 1.65. The third-order valence-corrected chi connectivity index (χ3v) is 2.70. The van der Waals surface area contributed by atoms with Crippen molar-refractivity contribution in [2.45, 2.75) is 13.0 Å². The maximum atomic E-state index is 12.0. The molecule has 1 aromatic rings. The lowest BCUT2D eigenvalue weighted by Gasteiger charge is -2.22. The Balaban J connectivity index is 3.09. The maximum absolute atomic E-state index is 12.0. The van der Waals surface area contributed by atoms with Crippen molar-refractivity contribution < 1.29 is 19.1 Å². The molecule has 0 bridgehead atoms. The molecule has 0 heterocycles. The highest BCUT2D eigenvalue weighted by atomic mass is 16.5. The summed E-state index contributed by atoms with van der Waals surface area (Å²) in [5, 5.41) is 0. The van der Waals surface area contributed by atoms with Gasteiger partial charge in [0.25, 0.3) is 5.91 Å². The van der Waals surface area contributed by atoms with Crippen molar-refractivity contribution >= 4 is 17.6 Å². The first-order chi connectivity index (χ1) is 8.52. The molecule has 0 fully saturated rings. The summed E-state index contributed by atoms with van der Waals surface area (Å²) >= 11 is 0. The van der Waals surface area contributed by atoms with Crippen molar-refractivity contribution in [3.63, 3.8) is 0 Å². The minimum absolute atomic E-state index is 0.228. The molecule has 1 aromatic carbocycles. The van der Waals surface area contributed by atoms with Crippen molar-refractivity contribution in [3.8, 4) is 0 Å². The Kier molecular flexibility index (Phi) is 4.85. The quantitative estimate of drug-likeness (QED) is 0.760. The van der Waals surface area contributed by atoms with Crippen LogP contribution < -0.4 is 4.90 Å². The van der Waals surface area contributed by atoms with Gasteiger partial charge in [0, 0.05) is 14.2 Å². The molecule has 1 amide bonds. The van der Waals surface area contributed by atoms with Crippen LogP contribution in [0.4, 0.5) is 5.69 Å². The number of carbonyl (C=O) groups excluding carboxylic acids is 2. The smallest absolute Gasteiger partial charge is 0.339 e. The van der Waals surface area contributed by atoms with Crippen molar-refractivity contribution in [3.05, 3.63) is 29.8 Å². The van der Waals surface area contributed by atoms with E-state index in [0.717, 1.165) is 0 Å². The molecule has 0 aliphatic carbocycles. The van der Waals surface area contributed by atoms with Crippen LogP contribution in [0.15, 0.2) is 24.3 Å². The molecule has 0 aliphatic heterocycles. The van der Waals surface area contributed by atoms with Gasteiger partial charge in [-0.25, -0.2) is 4.79 Å². The van der Waals surface area contributed by atoms with E-state index in [9.17, 15) is 9.59 Å². The normalized spacial score (nSPS) is 11.8. The molecule has 1 atom stereocenters. The fraction of sp³-hybridized carbons (Fsp3) is 0.385. The fourth-order valence-corrected chi connectivity index (χ4v) is 1.54. The molecule has 0 saturated heterocycles. The summed E-state index contributed by atoms with van der Waals surface area (Å²) in [4.78, 5) is 25.0. The lowest BCUT2D eigenvalue weighted by molar-refractivity contribution is -0.127. The molecule has 0 spiro atoms. The van der Waals surface area contributed by atoms with Crippen molar-refractivity contribution in [2.24, 2.45) is 0 Å². The van der Waals surface area contributed by atoms with Crippen molar-refractivity contribution in [1.82, 2.24) is 0 Å². The molecule has 0 aromatic heterocycles. The largest absolute Gasteiger partial charge is 0.465 e. The minimum Gasteiger partial charge on any atom is -0.465 e. The molecular formula is C13H17NO4. The number of anilines is 1. The predicted octanol–water partition coefficient (Wildman–Crippen LogP) is 1.47. The summed E-state index contributed by atoms with van der Waals surface area (Å²) in [6.07, 6.45) is -0.569. The van der Waals surface area contributed by atoms with Crippen LogP contribution in [0.3, 0.4) is 0 Å². The molecular weight excluding hydrogens is 234 g/mol. The highest BCUT2D eigenvalue weighted by Crippen LogP contribution is 2.20. The van der Waals surface area contributed by atoms with E-state index < -0.39 is 12.1 Å². The summed E-state index contributed by atoms with van der Waals surface area (Å²) < 4.78 is 9.66. The topological polar surface area (TPSA) is 55.8 Å². The van der Waals surface area contributed by atoms with Gasteiger partial charge >= 0.3 is 5.97 Å². The Morgan fingerprint density at radius 1 is 1.22 bits per heavy atom. The zero-order valence-electron chi connectivity index (χ0n) is 11.0. The van der Waals surface area contributed by atoms with E-state index in [1.807, 2.05) is 0 Å². The summed E-state index contributed by atoms with van der Waals surface area (Å²) in [6, 6.07) is 6.77. The maximum Gasteiger partial charge on any atom is 0.339 e. The molecule has 0 saturated carbocycles. The standard InChI is InChI=1S/C13H17NO4/c1-9(17-3)12(15)14(2)11-8-6-5-7-10(11)13(16)18-4/h5-9H,1-4H3/t9-/m1/s1. The van der Waals surface area contributed by atoms with Gasteiger partial charge in [0.15, 0.2) is 0 Å². The van der Waals surface area contributed by atoms with Crippen LogP contribution in [0.5, 0.6) is 0 Å². The van der Waals surface area contributed by atoms with Crippen LogP contribution in [0.2, 0.25) is 0 Å². The SMILES string of the molecule is COC(=O)c1ccccc1N(C)C(=O)[C@@H](C)OC. The van der Waals surface area contributed by atoms with Gasteiger partial charge in [0.1, 0.15) is 6.10 Å². The average molecular weight is 251 g/mol. The van der Waals surface area contributed by atoms with Gasteiger partial charge in [0.05, 0.1) is 18.4 Å². The summed E-state index contributed by atoms with van der Waals surface area (Å²) in [7, 11) is 4.36. The van der Waals surface area contributed by atoms with Gasteiger partial charge in [-0.15, -0.1) is 0 Å². The number of amides is 1. The number of ether oxygens (including phenoxy) is 2. The lowest BCUT2D eigenvalue weighted by Crippen LogP contribution is -2.36. The van der Waals surface area contributed by atoms with Crippen LogP contribution in [0, 0.1) is 0 Å². The number of hydrogen-bond donors (Lipinski definition) is 0. The molecule has 0 unspecified atom stereocenters. The predicted molar refractivity (Wildman–Crippen MR) is 67.7 cm³/mol. The number of rotatable bonds is 4. The zero-order valence-corrected chi connectivity index (χ0v) is 11.0. The second kappa shape index (κ2) is 6.16. The second-order valence-corrected chi connectivity index (χ2v) is 3.78. The van der Waals surface area contributed by atoms with Gasteiger partial charge < -0.3 is 14.4 Å². The van der Waals surface area contributed by atoms with E-state index in [-0.39, 0.29) is 5.91 Å². The first-order valence-corrected chi connectivity index (χ1v) is 5.50. The van der Waals surface area contributed by atoms with E-state index in [1.54, 1.807) is 38.2 Å².